The van der Waals surface area contributed by atoms with E-state index in [-0.39, 0.29) is 5.56 Å². The molecule has 0 bridgehead atoms. The fourth-order valence-electron chi connectivity index (χ4n) is 3.01. The molecule has 5 heteroatoms. The second-order valence-corrected chi connectivity index (χ2v) is 7.21. The van der Waals surface area contributed by atoms with Crippen molar-refractivity contribution in [2.75, 3.05) is 0 Å². The summed E-state index contributed by atoms with van der Waals surface area (Å²) in [5, 5.41) is 1.69. The number of allylic oxidation sites excluding steroid dienone is 1. The Hall–Kier alpha value is -2.79. The van der Waals surface area contributed by atoms with E-state index in [9.17, 15) is 4.79 Å². The monoisotopic (exact) mass is 361 g/mol. The lowest BCUT2D eigenvalue weighted by molar-refractivity contribution is 0.671. The maximum Gasteiger partial charge on any atom is 0.278 e. The maximum absolute atomic E-state index is 13.0. The number of nitrogens with zero attached hydrogens (tertiary/aromatic N) is 2. The van der Waals surface area contributed by atoms with Crippen LogP contribution in [0.4, 0.5) is 0 Å². The number of hydrogen-bond acceptors (Lipinski definition) is 3. The van der Waals surface area contributed by atoms with Crippen molar-refractivity contribution in [3.05, 3.63) is 82.7 Å². The Kier molecular flexibility index (Phi) is 4.39. The third kappa shape index (κ3) is 2.95. The molecule has 0 saturated carbocycles. The normalized spacial score (nSPS) is 11.3. The van der Waals surface area contributed by atoms with Crippen LogP contribution >= 0.6 is 11.8 Å². The smallest absolute Gasteiger partial charge is 0.278 e. The number of para-hydroxylation sites is 1. The Balaban J connectivity index is 1.82. The highest BCUT2D eigenvalue weighted by Crippen LogP contribution is 2.26. The third-order valence-electron chi connectivity index (χ3n) is 4.38. The van der Waals surface area contributed by atoms with Gasteiger partial charge in [0.15, 0.2) is 5.16 Å². The van der Waals surface area contributed by atoms with Crippen LogP contribution in [-0.4, -0.2) is 14.5 Å². The lowest BCUT2D eigenvalue weighted by atomic mass is 10.2. The minimum Gasteiger partial charge on any atom is -0.349 e. The zero-order valence-corrected chi connectivity index (χ0v) is 15.3. The molecule has 0 atom stereocenters. The summed E-state index contributed by atoms with van der Waals surface area (Å²) >= 11 is 1.58. The molecular formula is C21H19N3OS. The molecule has 0 aliphatic rings. The summed E-state index contributed by atoms with van der Waals surface area (Å²) in [6, 6.07) is 16.3. The van der Waals surface area contributed by atoms with Gasteiger partial charge in [-0.2, -0.15) is 0 Å². The molecule has 0 aliphatic heterocycles. The molecule has 26 heavy (non-hydrogen) atoms. The molecule has 0 spiro atoms. The molecule has 0 fully saturated rings. The predicted molar refractivity (Wildman–Crippen MR) is 109 cm³/mol. The van der Waals surface area contributed by atoms with Crippen LogP contribution in [0, 0.1) is 6.92 Å². The van der Waals surface area contributed by atoms with Gasteiger partial charge in [0.05, 0.1) is 0 Å². The number of hydrogen-bond donors (Lipinski definition) is 1. The molecule has 0 unspecified atom stereocenters. The summed E-state index contributed by atoms with van der Waals surface area (Å²) in [6.45, 7) is 6.29. The molecule has 0 amide bonds. The van der Waals surface area contributed by atoms with E-state index in [1.54, 1.807) is 22.4 Å². The van der Waals surface area contributed by atoms with Crippen LogP contribution in [0.2, 0.25) is 0 Å². The van der Waals surface area contributed by atoms with E-state index < -0.39 is 0 Å². The van der Waals surface area contributed by atoms with Crippen LogP contribution in [0.25, 0.3) is 21.9 Å². The topological polar surface area (TPSA) is 50.7 Å². The highest BCUT2D eigenvalue weighted by Gasteiger charge is 2.15. The first kappa shape index (κ1) is 16.7. The van der Waals surface area contributed by atoms with Crippen LogP contribution in [0.1, 0.15) is 11.1 Å². The Morgan fingerprint density at radius 3 is 2.73 bits per heavy atom. The SMILES string of the molecule is C=CCn1c(SCc2ccc(C)cc2)nc2c([nH]c3ccccc32)c1=O. The van der Waals surface area contributed by atoms with Gasteiger partial charge in [0.25, 0.3) is 5.56 Å². The Morgan fingerprint density at radius 2 is 1.96 bits per heavy atom. The number of nitrogens with one attached hydrogen (secondary N) is 1. The number of fused-ring (bicyclic) bond motifs is 3. The minimum absolute atomic E-state index is 0.0579. The van der Waals surface area contributed by atoms with Crippen molar-refractivity contribution in [2.45, 2.75) is 24.4 Å². The van der Waals surface area contributed by atoms with Gasteiger partial charge in [0.2, 0.25) is 0 Å². The number of benzene rings is 2. The van der Waals surface area contributed by atoms with Crippen molar-refractivity contribution in [1.82, 2.24) is 14.5 Å². The van der Waals surface area contributed by atoms with E-state index in [0.29, 0.717) is 17.2 Å². The highest BCUT2D eigenvalue weighted by molar-refractivity contribution is 7.98. The van der Waals surface area contributed by atoms with Gasteiger partial charge in [-0.15, -0.1) is 6.58 Å². The number of aryl methyl sites for hydroxylation is 1. The van der Waals surface area contributed by atoms with Crippen LogP contribution in [0.5, 0.6) is 0 Å². The molecule has 2 heterocycles. The van der Waals surface area contributed by atoms with Crippen molar-refractivity contribution in [3.8, 4) is 0 Å². The van der Waals surface area contributed by atoms with E-state index in [2.05, 4.69) is 42.8 Å². The molecule has 0 aliphatic carbocycles. The summed E-state index contributed by atoms with van der Waals surface area (Å²) in [7, 11) is 0. The quantitative estimate of drug-likeness (QED) is 0.319. The number of thioether (sulfide) groups is 1. The van der Waals surface area contributed by atoms with Crippen LogP contribution in [0.15, 0.2) is 71.1 Å². The summed E-state index contributed by atoms with van der Waals surface area (Å²) in [5.74, 6) is 0.762. The van der Waals surface area contributed by atoms with Gasteiger partial charge in [-0.3, -0.25) is 9.36 Å². The number of H-pyrrole nitrogens is 1. The van der Waals surface area contributed by atoms with Crippen molar-refractivity contribution in [1.29, 1.82) is 0 Å². The van der Waals surface area contributed by atoms with E-state index in [1.165, 1.54) is 11.1 Å². The van der Waals surface area contributed by atoms with Gasteiger partial charge in [-0.25, -0.2) is 4.98 Å². The molecule has 130 valence electrons. The molecule has 1 N–H and O–H groups in total. The first-order chi connectivity index (χ1) is 12.7. The van der Waals surface area contributed by atoms with Gasteiger partial charge in [0, 0.05) is 23.2 Å². The first-order valence-corrected chi connectivity index (χ1v) is 9.46. The molecular weight excluding hydrogens is 342 g/mol. The molecule has 0 saturated heterocycles. The van der Waals surface area contributed by atoms with Crippen molar-refractivity contribution in [3.63, 3.8) is 0 Å². The third-order valence-corrected chi connectivity index (χ3v) is 5.42. The lowest BCUT2D eigenvalue weighted by Gasteiger charge is -2.10. The summed E-state index contributed by atoms with van der Waals surface area (Å²) in [5.41, 5.74) is 4.60. The fraction of sp³-hybridized carbons (Fsp3) is 0.143. The molecule has 0 radical (unpaired) electrons. The minimum atomic E-state index is -0.0579. The lowest BCUT2D eigenvalue weighted by Crippen LogP contribution is -2.22. The predicted octanol–water partition coefficient (Wildman–Crippen LogP) is 4.66. The van der Waals surface area contributed by atoms with Gasteiger partial charge >= 0.3 is 0 Å². The molecule has 4 aromatic rings. The Morgan fingerprint density at radius 1 is 1.19 bits per heavy atom. The zero-order chi connectivity index (χ0) is 18.1. The zero-order valence-electron chi connectivity index (χ0n) is 14.5. The van der Waals surface area contributed by atoms with Crippen LogP contribution in [-0.2, 0) is 12.3 Å². The fourth-order valence-corrected chi connectivity index (χ4v) is 3.97. The van der Waals surface area contributed by atoms with Gasteiger partial charge in [-0.1, -0.05) is 65.9 Å². The largest absolute Gasteiger partial charge is 0.349 e. The molecule has 2 aromatic heterocycles. The molecule has 4 rings (SSSR count). The van der Waals surface area contributed by atoms with E-state index in [1.807, 2.05) is 24.3 Å². The standard InChI is InChI=1S/C21H19N3OS/c1-3-12-24-20(25)19-18(16-6-4-5-7-17(16)22-19)23-21(24)26-13-15-10-8-14(2)9-11-15/h3-11,22H,1,12-13H2,2H3. The van der Waals surface area contributed by atoms with E-state index >= 15 is 0 Å². The van der Waals surface area contributed by atoms with E-state index in [4.69, 9.17) is 4.98 Å². The number of aromatic nitrogens is 3. The summed E-state index contributed by atoms with van der Waals surface area (Å²) in [6.07, 6.45) is 1.73. The summed E-state index contributed by atoms with van der Waals surface area (Å²) in [4.78, 5) is 21.0. The molecule has 2 aromatic carbocycles. The number of aromatic amines is 1. The van der Waals surface area contributed by atoms with Gasteiger partial charge in [0.1, 0.15) is 11.0 Å². The Labute approximate surface area is 155 Å². The maximum atomic E-state index is 13.0. The van der Waals surface area contributed by atoms with Gasteiger partial charge < -0.3 is 4.98 Å². The van der Waals surface area contributed by atoms with Crippen molar-refractivity contribution in [2.24, 2.45) is 0 Å². The molecule has 4 nitrogen and oxygen atoms in total. The highest BCUT2D eigenvalue weighted by atomic mass is 32.2. The van der Waals surface area contributed by atoms with Crippen molar-refractivity contribution < 1.29 is 0 Å². The van der Waals surface area contributed by atoms with Gasteiger partial charge in [-0.05, 0) is 18.6 Å². The average Bonchev–Trinajstić information content (AvgIpc) is 3.03. The summed E-state index contributed by atoms with van der Waals surface area (Å²) < 4.78 is 1.68. The second-order valence-electron chi connectivity index (χ2n) is 6.27. The van der Waals surface area contributed by atoms with Crippen LogP contribution in [0.3, 0.4) is 0 Å². The van der Waals surface area contributed by atoms with E-state index in [0.717, 1.165) is 22.2 Å². The first-order valence-electron chi connectivity index (χ1n) is 8.48. The second kappa shape index (κ2) is 6.84. The van der Waals surface area contributed by atoms with Crippen molar-refractivity contribution >= 4 is 33.7 Å². The number of rotatable bonds is 5. The van der Waals surface area contributed by atoms with Crippen LogP contribution < -0.4 is 5.56 Å². The average molecular weight is 361 g/mol. The Bertz CT molecular complexity index is 1160.